The van der Waals surface area contributed by atoms with Crippen molar-refractivity contribution in [2.75, 3.05) is 13.3 Å². The predicted octanol–water partition coefficient (Wildman–Crippen LogP) is 3.57. The Bertz CT molecular complexity index is 158. The molecule has 0 aliphatic carbocycles. The van der Waals surface area contributed by atoms with Crippen LogP contribution < -0.4 is 5.32 Å². The van der Waals surface area contributed by atoms with Crippen LogP contribution in [0.15, 0.2) is 0 Å². The van der Waals surface area contributed by atoms with Crippen LogP contribution in [0, 0.1) is 5.41 Å². The predicted molar refractivity (Wildman–Crippen MR) is 67.0 cm³/mol. The third kappa shape index (κ3) is 10.2. The molecular weight excluding hydrogens is 186 g/mol. The Morgan fingerprint density at radius 3 is 2.13 bits per heavy atom. The highest BCUT2D eigenvalue weighted by atomic mass is 16.5. The Morgan fingerprint density at radius 1 is 1.07 bits per heavy atom. The van der Waals surface area contributed by atoms with Crippen molar-refractivity contribution < 1.29 is 4.74 Å². The molecule has 0 atom stereocenters. The minimum Gasteiger partial charge on any atom is -0.366 e. The molecule has 0 heterocycles. The van der Waals surface area contributed by atoms with Crippen LogP contribution in [0.1, 0.15) is 60.8 Å². The molecule has 0 aromatic carbocycles. The summed E-state index contributed by atoms with van der Waals surface area (Å²) in [5.41, 5.74) is 0.628. The van der Waals surface area contributed by atoms with Gasteiger partial charge in [-0.2, -0.15) is 0 Å². The molecule has 2 heteroatoms. The van der Waals surface area contributed by atoms with Crippen LogP contribution in [-0.4, -0.2) is 18.9 Å². The van der Waals surface area contributed by atoms with Crippen molar-refractivity contribution in [2.45, 2.75) is 66.3 Å². The van der Waals surface area contributed by atoms with E-state index in [1.54, 1.807) is 0 Å². The molecule has 2 nitrogen and oxygen atoms in total. The molecule has 0 spiro atoms. The topological polar surface area (TPSA) is 21.3 Å². The molecule has 1 N–H and O–H groups in total. The molecular formula is C13H29NO. The lowest BCUT2D eigenvalue weighted by Gasteiger charge is -2.24. The summed E-state index contributed by atoms with van der Waals surface area (Å²) < 4.78 is 5.56. The second-order valence-electron chi connectivity index (χ2n) is 6.13. The van der Waals surface area contributed by atoms with Crippen LogP contribution in [0.25, 0.3) is 0 Å². The summed E-state index contributed by atoms with van der Waals surface area (Å²) in [5, 5.41) is 3.38. The van der Waals surface area contributed by atoms with Crippen LogP contribution in [0.2, 0.25) is 0 Å². The van der Waals surface area contributed by atoms with Crippen molar-refractivity contribution in [3.8, 4) is 0 Å². The van der Waals surface area contributed by atoms with Gasteiger partial charge < -0.3 is 4.74 Å². The van der Waals surface area contributed by atoms with Crippen LogP contribution >= 0.6 is 0 Å². The van der Waals surface area contributed by atoms with Gasteiger partial charge in [-0.3, -0.25) is 5.32 Å². The van der Waals surface area contributed by atoms with E-state index in [1.165, 1.54) is 6.42 Å². The summed E-state index contributed by atoms with van der Waals surface area (Å²) in [6.07, 6.45) is 3.50. The maximum absolute atomic E-state index is 5.56. The summed E-state index contributed by atoms with van der Waals surface area (Å²) >= 11 is 0. The van der Waals surface area contributed by atoms with E-state index >= 15 is 0 Å². The number of hydrogen-bond donors (Lipinski definition) is 1. The van der Waals surface area contributed by atoms with E-state index in [9.17, 15) is 0 Å². The molecule has 0 amide bonds. The van der Waals surface area contributed by atoms with Crippen LogP contribution in [-0.2, 0) is 4.74 Å². The normalized spacial score (nSPS) is 13.2. The molecule has 0 aromatic heterocycles. The van der Waals surface area contributed by atoms with Crippen LogP contribution in [0.5, 0.6) is 0 Å². The van der Waals surface area contributed by atoms with Gasteiger partial charge in [-0.05, 0) is 38.5 Å². The highest BCUT2D eigenvalue weighted by molar-refractivity contribution is 4.72. The smallest absolute Gasteiger partial charge is 0.0969 e. The molecule has 0 aliphatic rings. The molecule has 0 saturated heterocycles. The number of ether oxygens (including phenoxy) is 1. The van der Waals surface area contributed by atoms with E-state index < -0.39 is 0 Å². The molecule has 0 bridgehead atoms. The van der Waals surface area contributed by atoms with Crippen molar-refractivity contribution in [2.24, 2.45) is 5.41 Å². The highest BCUT2D eigenvalue weighted by Crippen LogP contribution is 2.20. The third-order valence-electron chi connectivity index (χ3n) is 2.75. The van der Waals surface area contributed by atoms with E-state index in [2.05, 4.69) is 46.9 Å². The van der Waals surface area contributed by atoms with Gasteiger partial charge in [-0.15, -0.1) is 0 Å². The van der Waals surface area contributed by atoms with Gasteiger partial charge in [0.2, 0.25) is 0 Å². The lowest BCUT2D eigenvalue weighted by Crippen LogP contribution is -2.39. The Kier molecular flexibility index (Phi) is 6.46. The number of hydrogen-bond acceptors (Lipinski definition) is 2. The zero-order chi connectivity index (χ0) is 11.9. The van der Waals surface area contributed by atoms with E-state index in [0.717, 1.165) is 19.4 Å². The zero-order valence-electron chi connectivity index (χ0n) is 11.4. The molecule has 0 unspecified atom stereocenters. The van der Waals surface area contributed by atoms with Gasteiger partial charge in [0.05, 0.1) is 6.73 Å². The Morgan fingerprint density at radius 2 is 1.67 bits per heavy atom. The maximum atomic E-state index is 5.56. The first-order valence-electron chi connectivity index (χ1n) is 6.10. The molecule has 92 valence electrons. The third-order valence-corrected chi connectivity index (χ3v) is 2.75. The van der Waals surface area contributed by atoms with E-state index in [1.807, 2.05) is 0 Å². The molecule has 0 saturated carbocycles. The lowest BCUT2D eigenvalue weighted by atomic mass is 9.91. The van der Waals surface area contributed by atoms with Crippen molar-refractivity contribution in [3.05, 3.63) is 0 Å². The largest absolute Gasteiger partial charge is 0.366 e. The highest BCUT2D eigenvalue weighted by Gasteiger charge is 2.13. The van der Waals surface area contributed by atoms with Gasteiger partial charge in [0.1, 0.15) is 0 Å². The standard InChI is InChI=1S/C13H29NO/c1-7-13(5,6)14-11-15-10-8-9-12(2,3)4/h14H,7-11H2,1-6H3. The second kappa shape index (κ2) is 6.49. The van der Waals surface area contributed by atoms with Crippen LogP contribution in [0.3, 0.4) is 0 Å². The fourth-order valence-electron chi connectivity index (χ4n) is 1.15. The van der Waals surface area contributed by atoms with Gasteiger partial charge in [0.15, 0.2) is 0 Å². The SMILES string of the molecule is CCC(C)(C)NCOCCCC(C)(C)C. The quantitative estimate of drug-likeness (QED) is 0.518. The summed E-state index contributed by atoms with van der Waals surface area (Å²) in [4.78, 5) is 0. The fraction of sp³-hybridized carbons (Fsp3) is 1.00. The van der Waals surface area contributed by atoms with Crippen molar-refractivity contribution >= 4 is 0 Å². The molecule has 0 rings (SSSR count). The minimum absolute atomic E-state index is 0.198. The van der Waals surface area contributed by atoms with Crippen molar-refractivity contribution in [1.29, 1.82) is 0 Å². The average molecular weight is 215 g/mol. The zero-order valence-corrected chi connectivity index (χ0v) is 11.4. The van der Waals surface area contributed by atoms with E-state index in [-0.39, 0.29) is 5.54 Å². The first-order chi connectivity index (χ1) is 6.77. The van der Waals surface area contributed by atoms with Crippen molar-refractivity contribution in [3.63, 3.8) is 0 Å². The second-order valence-corrected chi connectivity index (χ2v) is 6.13. The van der Waals surface area contributed by atoms with Crippen molar-refractivity contribution in [1.82, 2.24) is 5.32 Å². The molecule has 0 fully saturated rings. The Hall–Kier alpha value is -0.0800. The van der Waals surface area contributed by atoms with Crippen LogP contribution in [0.4, 0.5) is 0 Å². The first kappa shape index (κ1) is 14.9. The Balaban J connectivity index is 3.33. The van der Waals surface area contributed by atoms with Gasteiger partial charge >= 0.3 is 0 Å². The molecule has 0 aromatic rings. The fourth-order valence-corrected chi connectivity index (χ4v) is 1.15. The number of rotatable bonds is 7. The molecule has 15 heavy (non-hydrogen) atoms. The first-order valence-corrected chi connectivity index (χ1v) is 6.10. The lowest BCUT2D eigenvalue weighted by molar-refractivity contribution is 0.0868. The maximum Gasteiger partial charge on any atom is 0.0969 e. The average Bonchev–Trinajstić information content (AvgIpc) is 2.09. The number of nitrogens with one attached hydrogen (secondary N) is 1. The van der Waals surface area contributed by atoms with E-state index in [4.69, 9.17) is 4.74 Å². The van der Waals surface area contributed by atoms with Gasteiger partial charge in [0.25, 0.3) is 0 Å². The summed E-state index contributed by atoms with van der Waals surface area (Å²) in [6, 6.07) is 0. The molecule has 0 radical (unpaired) electrons. The Labute approximate surface area is 95.8 Å². The van der Waals surface area contributed by atoms with Gasteiger partial charge in [-0.1, -0.05) is 27.7 Å². The van der Waals surface area contributed by atoms with Gasteiger partial charge in [-0.25, -0.2) is 0 Å². The van der Waals surface area contributed by atoms with Gasteiger partial charge in [0, 0.05) is 12.1 Å². The summed E-state index contributed by atoms with van der Waals surface area (Å²) in [7, 11) is 0. The van der Waals surface area contributed by atoms with E-state index in [0.29, 0.717) is 12.1 Å². The molecule has 0 aliphatic heterocycles. The summed E-state index contributed by atoms with van der Waals surface area (Å²) in [6.45, 7) is 14.9. The minimum atomic E-state index is 0.198. The monoisotopic (exact) mass is 215 g/mol. The summed E-state index contributed by atoms with van der Waals surface area (Å²) in [5.74, 6) is 0.